The van der Waals surface area contributed by atoms with Crippen molar-refractivity contribution < 1.29 is 31.8 Å². The number of halogens is 4. The molecule has 0 bridgehead atoms. The lowest BCUT2D eigenvalue weighted by Gasteiger charge is -2.49. The fourth-order valence-electron chi connectivity index (χ4n) is 6.43. The lowest BCUT2D eigenvalue weighted by Crippen LogP contribution is -2.51. The quantitative estimate of drug-likeness (QED) is 0.172. The van der Waals surface area contributed by atoms with Gasteiger partial charge in [0.25, 0.3) is 0 Å². The topological polar surface area (TPSA) is 85.6 Å². The predicted octanol–water partition coefficient (Wildman–Crippen LogP) is 8.48. The summed E-state index contributed by atoms with van der Waals surface area (Å²) in [6.07, 6.45) is 3.18. The van der Waals surface area contributed by atoms with E-state index >= 15 is 17.6 Å². The summed E-state index contributed by atoms with van der Waals surface area (Å²) in [5.41, 5.74) is -1.32. The van der Waals surface area contributed by atoms with Crippen LogP contribution in [0.2, 0.25) is 25.7 Å². The Labute approximate surface area is 286 Å². The Kier molecular flexibility index (Phi) is 10.5. The molecular formula is C35H46F4N6O3Si. The fourth-order valence-corrected chi connectivity index (χ4v) is 7.14. The molecule has 0 N–H and O–H groups in total. The van der Waals surface area contributed by atoms with Gasteiger partial charge in [0.05, 0.1) is 30.4 Å². The molecular weight excluding hydrogens is 657 g/mol. The van der Waals surface area contributed by atoms with Crippen molar-refractivity contribution in [1.82, 2.24) is 24.9 Å². The van der Waals surface area contributed by atoms with E-state index in [1.807, 2.05) is 20.8 Å². The molecule has 2 fully saturated rings. The number of nitrogens with zero attached hydrogens (tertiary/aromatic N) is 6. The minimum absolute atomic E-state index is 0.0311. The summed E-state index contributed by atoms with van der Waals surface area (Å²) >= 11 is 0. The van der Waals surface area contributed by atoms with Gasteiger partial charge in [-0.2, -0.15) is 28.5 Å². The van der Waals surface area contributed by atoms with Gasteiger partial charge in [-0.05, 0) is 88.3 Å². The predicted molar refractivity (Wildman–Crippen MR) is 184 cm³/mol. The molecule has 0 atom stereocenters. The second kappa shape index (κ2) is 14.1. The monoisotopic (exact) mass is 702 g/mol. The van der Waals surface area contributed by atoms with Gasteiger partial charge in [-0.15, -0.1) is 0 Å². The zero-order valence-electron chi connectivity index (χ0n) is 29.1. The van der Waals surface area contributed by atoms with Crippen LogP contribution < -0.4 is 9.64 Å². The Bertz CT molecular complexity index is 1640. The van der Waals surface area contributed by atoms with Gasteiger partial charge in [0.1, 0.15) is 22.6 Å². The molecule has 1 aromatic carbocycles. The van der Waals surface area contributed by atoms with Crippen molar-refractivity contribution in [2.75, 3.05) is 37.7 Å². The number of rotatable bonds is 8. The number of hydrogen-bond donors (Lipinski definition) is 0. The third-order valence-corrected chi connectivity index (χ3v) is 10.7. The molecule has 2 aliphatic heterocycles. The van der Waals surface area contributed by atoms with Crippen LogP contribution in [0.4, 0.5) is 28.0 Å². The van der Waals surface area contributed by atoms with Crippen LogP contribution >= 0.6 is 0 Å². The first kappa shape index (κ1) is 36.3. The summed E-state index contributed by atoms with van der Waals surface area (Å²) in [6.45, 7) is 13.6. The Morgan fingerprint density at radius 1 is 1.02 bits per heavy atom. The van der Waals surface area contributed by atoms with Gasteiger partial charge in [-0.25, -0.2) is 13.9 Å². The molecule has 0 saturated carbocycles. The summed E-state index contributed by atoms with van der Waals surface area (Å²) in [7, 11) is -1.60. The van der Waals surface area contributed by atoms with Crippen LogP contribution in [0, 0.1) is 5.41 Å². The number of benzene rings is 1. The van der Waals surface area contributed by atoms with E-state index in [9.17, 15) is 4.79 Å². The standard InChI is InChI=1S/C35H46F4N6O3Si/c1-33(2,3)48-32(46)43-18-13-34(14-19-43)12-7-16-44(24-34)31-25(8-9-29(30(31)35(37,38)39)47-20-21-49(4,5)6)22-27(36)28-11-17-45(42-28)26-10-15-40-41-23-26/h8-11,15,17,22-23H,7,12-14,16,18-21,24H2,1-6H3/b27-22-. The van der Waals surface area contributed by atoms with Crippen LogP contribution in [-0.4, -0.2) is 77.4 Å². The Balaban J connectivity index is 1.51. The van der Waals surface area contributed by atoms with Crippen molar-refractivity contribution in [1.29, 1.82) is 0 Å². The molecule has 9 nitrogen and oxygen atoms in total. The van der Waals surface area contributed by atoms with Gasteiger partial charge in [0.2, 0.25) is 0 Å². The minimum atomic E-state index is -4.77. The van der Waals surface area contributed by atoms with E-state index in [-0.39, 0.29) is 40.8 Å². The molecule has 2 aromatic heterocycles. The summed E-state index contributed by atoms with van der Waals surface area (Å²) in [5, 5.41) is 11.8. The maximum Gasteiger partial charge on any atom is 0.421 e. The van der Waals surface area contributed by atoms with Crippen molar-refractivity contribution >= 4 is 31.8 Å². The van der Waals surface area contributed by atoms with E-state index in [1.165, 1.54) is 35.3 Å². The molecule has 14 heteroatoms. The largest absolute Gasteiger partial charge is 0.493 e. The van der Waals surface area contributed by atoms with Gasteiger partial charge in [-0.1, -0.05) is 19.6 Å². The Morgan fingerprint density at radius 2 is 1.76 bits per heavy atom. The third kappa shape index (κ3) is 9.20. The molecule has 0 radical (unpaired) electrons. The minimum Gasteiger partial charge on any atom is -0.493 e. The van der Waals surface area contributed by atoms with Gasteiger partial charge in [0, 0.05) is 46.0 Å². The van der Waals surface area contributed by atoms with Crippen molar-refractivity contribution in [2.24, 2.45) is 5.41 Å². The molecule has 1 amide bonds. The molecule has 2 saturated heterocycles. The molecule has 0 unspecified atom stereocenters. The van der Waals surface area contributed by atoms with Crippen LogP contribution in [0.3, 0.4) is 0 Å². The summed E-state index contributed by atoms with van der Waals surface area (Å²) in [5.74, 6) is -1.04. The average Bonchev–Trinajstić information content (AvgIpc) is 3.51. The summed E-state index contributed by atoms with van der Waals surface area (Å²) in [6, 6.07) is 6.61. The second-order valence-corrected chi connectivity index (χ2v) is 20.9. The van der Waals surface area contributed by atoms with Crippen LogP contribution in [0.15, 0.2) is 42.9 Å². The van der Waals surface area contributed by atoms with Crippen LogP contribution in [-0.2, 0) is 10.9 Å². The van der Waals surface area contributed by atoms with E-state index in [2.05, 4.69) is 34.9 Å². The number of alkyl halides is 3. The lowest BCUT2D eigenvalue weighted by atomic mass is 9.72. The molecule has 4 heterocycles. The number of hydrogen-bond acceptors (Lipinski definition) is 7. The fraction of sp³-hybridized carbons (Fsp3) is 0.543. The third-order valence-electron chi connectivity index (χ3n) is 8.97. The first-order valence-corrected chi connectivity index (χ1v) is 20.4. The molecule has 266 valence electrons. The highest BCUT2D eigenvalue weighted by molar-refractivity contribution is 6.76. The molecule has 0 aliphatic carbocycles. The molecule has 49 heavy (non-hydrogen) atoms. The van der Waals surface area contributed by atoms with E-state index in [4.69, 9.17) is 9.47 Å². The Morgan fingerprint density at radius 3 is 2.39 bits per heavy atom. The molecule has 1 spiro atoms. The number of anilines is 1. The van der Waals surface area contributed by atoms with E-state index in [1.54, 1.807) is 22.1 Å². The van der Waals surface area contributed by atoms with Crippen molar-refractivity contribution in [3.63, 3.8) is 0 Å². The molecule has 3 aromatic rings. The number of ether oxygens (including phenoxy) is 2. The number of carbonyl (C=O) groups excluding carboxylic acids is 1. The maximum atomic E-state index is 15.9. The van der Waals surface area contributed by atoms with E-state index in [0.29, 0.717) is 57.2 Å². The highest BCUT2D eigenvalue weighted by Crippen LogP contribution is 2.49. The SMILES string of the molecule is CC(C)(C)OC(=O)N1CCC2(CCCN(c3c(/C=C(\F)c4ccn(-c5ccnnc5)n4)ccc(OCC[Si](C)(C)C)c3C(F)(F)F)C2)CC1. The normalized spacial score (nSPS) is 17.4. The zero-order valence-corrected chi connectivity index (χ0v) is 30.1. The summed E-state index contributed by atoms with van der Waals surface area (Å²) < 4.78 is 74.3. The first-order chi connectivity index (χ1) is 22.9. The van der Waals surface area contributed by atoms with Gasteiger partial charge in [-0.3, -0.25) is 0 Å². The van der Waals surface area contributed by atoms with Gasteiger partial charge < -0.3 is 19.3 Å². The van der Waals surface area contributed by atoms with E-state index < -0.39 is 31.2 Å². The number of piperidine rings is 2. The maximum absolute atomic E-state index is 15.9. The van der Waals surface area contributed by atoms with Crippen molar-refractivity contribution in [2.45, 2.75) is 83.9 Å². The second-order valence-electron chi connectivity index (χ2n) is 15.3. The summed E-state index contributed by atoms with van der Waals surface area (Å²) in [4.78, 5) is 16.2. The number of carbonyl (C=O) groups is 1. The van der Waals surface area contributed by atoms with E-state index in [0.717, 1.165) is 12.5 Å². The van der Waals surface area contributed by atoms with Crippen molar-refractivity contribution in [3.05, 3.63) is 59.7 Å². The number of likely N-dealkylation sites (tertiary alicyclic amines) is 1. The van der Waals surface area contributed by atoms with Gasteiger partial charge >= 0.3 is 12.3 Å². The lowest BCUT2D eigenvalue weighted by molar-refractivity contribution is -0.138. The van der Waals surface area contributed by atoms with Crippen LogP contribution in [0.1, 0.15) is 63.3 Å². The Hall–Kier alpha value is -3.94. The molecule has 2 aliphatic rings. The number of amides is 1. The van der Waals surface area contributed by atoms with Gasteiger partial charge in [0.15, 0.2) is 5.83 Å². The highest BCUT2D eigenvalue weighted by Gasteiger charge is 2.45. The van der Waals surface area contributed by atoms with Crippen LogP contribution in [0.5, 0.6) is 5.75 Å². The average molecular weight is 703 g/mol. The van der Waals surface area contributed by atoms with Crippen molar-refractivity contribution in [3.8, 4) is 11.4 Å². The zero-order chi connectivity index (χ0) is 35.6. The number of aromatic nitrogens is 4. The first-order valence-electron chi connectivity index (χ1n) is 16.7. The highest BCUT2D eigenvalue weighted by atomic mass is 28.3. The van der Waals surface area contributed by atoms with Crippen LogP contribution in [0.25, 0.3) is 17.6 Å². The molecule has 5 rings (SSSR count). The smallest absolute Gasteiger partial charge is 0.421 e.